The zero-order valence-electron chi connectivity index (χ0n) is 14.1. The highest BCUT2D eigenvalue weighted by Crippen LogP contribution is 2.39. The van der Waals surface area contributed by atoms with Crippen molar-refractivity contribution in [2.45, 2.75) is 25.7 Å². The Morgan fingerprint density at radius 1 is 1.16 bits per heavy atom. The number of carbonyl (C=O) groups is 1. The van der Waals surface area contributed by atoms with Crippen molar-refractivity contribution in [3.05, 3.63) is 42.2 Å². The molecule has 2 saturated heterocycles. The Bertz CT molecular complexity index is 745. The van der Waals surface area contributed by atoms with E-state index in [-0.39, 0.29) is 5.91 Å². The first-order valence-corrected chi connectivity index (χ1v) is 8.81. The fraction of sp³-hybridized carbons (Fsp3) is 0.500. The van der Waals surface area contributed by atoms with Crippen LogP contribution in [0.1, 0.15) is 36.0 Å². The third-order valence-electron chi connectivity index (χ3n) is 5.64. The summed E-state index contributed by atoms with van der Waals surface area (Å²) < 4.78 is 15.7. The first-order chi connectivity index (χ1) is 12.2. The summed E-state index contributed by atoms with van der Waals surface area (Å²) in [6.07, 6.45) is 7.25. The van der Waals surface area contributed by atoms with Gasteiger partial charge in [0.2, 0.25) is 0 Å². The van der Waals surface area contributed by atoms with Crippen LogP contribution in [0.15, 0.2) is 30.9 Å². The summed E-state index contributed by atoms with van der Waals surface area (Å²) in [5.41, 5.74) is 1.08. The molecule has 1 N–H and O–H groups in total. The lowest BCUT2D eigenvalue weighted by Crippen LogP contribution is -2.47. The second-order valence-corrected chi connectivity index (χ2v) is 7.05. The van der Waals surface area contributed by atoms with Gasteiger partial charge in [-0.3, -0.25) is 4.79 Å². The van der Waals surface area contributed by atoms with Gasteiger partial charge in [0.25, 0.3) is 5.91 Å². The van der Waals surface area contributed by atoms with Gasteiger partial charge >= 0.3 is 0 Å². The van der Waals surface area contributed by atoms with E-state index in [0.29, 0.717) is 16.7 Å². The minimum Gasteiger partial charge on any atom is -0.339 e. The number of likely N-dealkylation sites (tertiary alicyclic amines) is 1. The van der Waals surface area contributed by atoms with E-state index in [2.05, 4.69) is 15.4 Å². The van der Waals surface area contributed by atoms with Crippen LogP contribution < -0.4 is 5.32 Å². The topological polar surface area (TPSA) is 63.1 Å². The molecule has 7 heteroatoms. The Kier molecular flexibility index (Phi) is 4.25. The zero-order valence-corrected chi connectivity index (χ0v) is 14.1. The summed E-state index contributed by atoms with van der Waals surface area (Å²) >= 11 is 0. The average molecular weight is 343 g/mol. The second kappa shape index (κ2) is 6.55. The standard InChI is InChI=1S/C18H22FN5O/c19-15-11-14(1-2-16(15)24-13-21-12-22-24)17(25)23-9-5-18(6-10-23)3-7-20-8-4-18/h1-2,11-13,20H,3-10H2. The molecule has 2 fully saturated rings. The normalized spacial score (nSPS) is 20.0. The molecule has 132 valence electrons. The Labute approximate surface area is 146 Å². The Morgan fingerprint density at radius 2 is 1.92 bits per heavy atom. The quantitative estimate of drug-likeness (QED) is 0.906. The molecule has 0 bridgehead atoms. The first-order valence-electron chi connectivity index (χ1n) is 8.81. The fourth-order valence-electron chi connectivity index (χ4n) is 3.98. The van der Waals surface area contributed by atoms with Crippen molar-refractivity contribution in [3.63, 3.8) is 0 Å². The number of rotatable bonds is 2. The van der Waals surface area contributed by atoms with Gasteiger partial charge in [-0.1, -0.05) is 0 Å². The highest BCUT2D eigenvalue weighted by atomic mass is 19.1. The van der Waals surface area contributed by atoms with Crippen LogP contribution in [0.25, 0.3) is 5.69 Å². The van der Waals surface area contributed by atoms with Gasteiger partial charge < -0.3 is 10.2 Å². The number of carbonyl (C=O) groups excluding carboxylic acids is 1. The molecule has 1 spiro atoms. The highest BCUT2D eigenvalue weighted by Gasteiger charge is 2.36. The third kappa shape index (κ3) is 3.16. The number of hydrogen-bond donors (Lipinski definition) is 1. The summed E-state index contributed by atoms with van der Waals surface area (Å²) in [4.78, 5) is 18.4. The van der Waals surface area contributed by atoms with Gasteiger partial charge in [0.05, 0.1) is 0 Å². The van der Waals surface area contributed by atoms with Crippen molar-refractivity contribution in [1.29, 1.82) is 0 Å². The smallest absolute Gasteiger partial charge is 0.253 e. The minimum absolute atomic E-state index is 0.0900. The first kappa shape index (κ1) is 16.2. The fourth-order valence-corrected chi connectivity index (χ4v) is 3.98. The summed E-state index contributed by atoms with van der Waals surface area (Å²) in [5, 5.41) is 7.33. The summed E-state index contributed by atoms with van der Waals surface area (Å²) in [7, 11) is 0. The lowest BCUT2D eigenvalue weighted by molar-refractivity contribution is 0.0495. The van der Waals surface area contributed by atoms with Crippen molar-refractivity contribution in [1.82, 2.24) is 25.0 Å². The molecule has 1 amide bonds. The second-order valence-electron chi connectivity index (χ2n) is 7.05. The molecule has 2 aliphatic rings. The van der Waals surface area contributed by atoms with E-state index in [0.717, 1.165) is 39.0 Å². The molecule has 25 heavy (non-hydrogen) atoms. The summed E-state index contributed by atoms with van der Waals surface area (Å²) in [6.45, 7) is 3.66. The molecule has 2 aliphatic heterocycles. The number of hydrogen-bond acceptors (Lipinski definition) is 4. The molecule has 1 aromatic heterocycles. The van der Waals surface area contributed by atoms with E-state index in [9.17, 15) is 9.18 Å². The predicted molar refractivity (Wildman–Crippen MR) is 91.0 cm³/mol. The van der Waals surface area contributed by atoms with E-state index in [1.807, 2.05) is 4.90 Å². The maximum absolute atomic E-state index is 14.4. The molecule has 0 atom stereocenters. The van der Waals surface area contributed by atoms with Crippen LogP contribution in [-0.4, -0.2) is 51.8 Å². The molecule has 0 saturated carbocycles. The third-order valence-corrected chi connectivity index (χ3v) is 5.64. The summed E-state index contributed by atoms with van der Waals surface area (Å²) in [6, 6.07) is 4.54. The van der Waals surface area contributed by atoms with E-state index >= 15 is 0 Å². The van der Waals surface area contributed by atoms with Crippen LogP contribution >= 0.6 is 0 Å². The van der Waals surface area contributed by atoms with Crippen LogP contribution in [0, 0.1) is 11.2 Å². The van der Waals surface area contributed by atoms with Gasteiger partial charge in [0, 0.05) is 18.7 Å². The molecule has 0 unspecified atom stereocenters. The number of halogens is 1. The van der Waals surface area contributed by atoms with Gasteiger partial charge in [-0.05, 0) is 62.4 Å². The maximum atomic E-state index is 14.4. The molecular formula is C18H22FN5O. The number of piperidine rings is 2. The van der Waals surface area contributed by atoms with Crippen molar-refractivity contribution in [2.75, 3.05) is 26.2 Å². The molecular weight excluding hydrogens is 321 g/mol. The van der Waals surface area contributed by atoms with Crippen molar-refractivity contribution in [2.24, 2.45) is 5.41 Å². The minimum atomic E-state index is -0.469. The van der Waals surface area contributed by atoms with Crippen LogP contribution in [-0.2, 0) is 0 Å². The van der Waals surface area contributed by atoms with E-state index < -0.39 is 5.82 Å². The largest absolute Gasteiger partial charge is 0.339 e. The van der Waals surface area contributed by atoms with Crippen LogP contribution in [0.3, 0.4) is 0 Å². The number of aromatic nitrogens is 3. The van der Waals surface area contributed by atoms with Gasteiger partial charge in [-0.25, -0.2) is 14.1 Å². The zero-order chi connectivity index (χ0) is 17.3. The van der Waals surface area contributed by atoms with E-state index in [1.54, 1.807) is 12.1 Å². The molecule has 3 heterocycles. The molecule has 2 aromatic rings. The maximum Gasteiger partial charge on any atom is 0.253 e. The monoisotopic (exact) mass is 343 g/mol. The number of benzene rings is 1. The van der Waals surface area contributed by atoms with Gasteiger partial charge in [-0.15, -0.1) is 0 Å². The lowest BCUT2D eigenvalue weighted by Gasteiger charge is -2.44. The lowest BCUT2D eigenvalue weighted by atomic mass is 9.71. The van der Waals surface area contributed by atoms with E-state index in [1.165, 1.54) is 36.2 Å². The Hall–Kier alpha value is -2.28. The predicted octanol–water partition coefficient (Wildman–Crippen LogP) is 2.01. The summed E-state index contributed by atoms with van der Waals surface area (Å²) in [5.74, 6) is -0.559. The highest BCUT2D eigenvalue weighted by molar-refractivity contribution is 5.94. The SMILES string of the molecule is O=C(c1ccc(-n2cncn2)c(F)c1)N1CCC2(CCNCC2)CC1. The van der Waals surface area contributed by atoms with Crippen LogP contribution in [0.4, 0.5) is 4.39 Å². The van der Waals surface area contributed by atoms with Crippen LogP contribution in [0.2, 0.25) is 0 Å². The number of nitrogens with zero attached hydrogens (tertiary/aromatic N) is 4. The van der Waals surface area contributed by atoms with Gasteiger partial charge in [0.15, 0.2) is 0 Å². The van der Waals surface area contributed by atoms with Crippen LogP contribution in [0.5, 0.6) is 0 Å². The number of nitrogens with one attached hydrogen (secondary N) is 1. The Balaban J connectivity index is 1.46. The van der Waals surface area contributed by atoms with Crippen molar-refractivity contribution in [3.8, 4) is 5.69 Å². The van der Waals surface area contributed by atoms with Gasteiger partial charge in [-0.2, -0.15) is 5.10 Å². The van der Waals surface area contributed by atoms with Crippen molar-refractivity contribution >= 4 is 5.91 Å². The molecule has 6 nitrogen and oxygen atoms in total. The Morgan fingerprint density at radius 3 is 2.56 bits per heavy atom. The molecule has 0 radical (unpaired) electrons. The molecule has 4 rings (SSSR count). The van der Waals surface area contributed by atoms with Gasteiger partial charge in [0.1, 0.15) is 24.2 Å². The molecule has 0 aliphatic carbocycles. The molecule has 1 aromatic carbocycles. The average Bonchev–Trinajstić information content (AvgIpc) is 3.17. The van der Waals surface area contributed by atoms with Crippen molar-refractivity contribution < 1.29 is 9.18 Å². The number of amides is 1. The van der Waals surface area contributed by atoms with E-state index in [4.69, 9.17) is 0 Å².